The Labute approximate surface area is 148 Å². The quantitative estimate of drug-likeness (QED) is 0.587. The summed E-state index contributed by atoms with van der Waals surface area (Å²) in [7, 11) is 3.07. The van der Waals surface area contributed by atoms with Crippen LogP contribution in [-0.2, 0) is 4.79 Å². The van der Waals surface area contributed by atoms with Gasteiger partial charge in [-0.05, 0) is 43.9 Å². The van der Waals surface area contributed by atoms with E-state index in [0.29, 0.717) is 30.2 Å². The number of nitrogens with one attached hydrogen (secondary N) is 2. The maximum Gasteiger partial charge on any atom is 0.251 e. The van der Waals surface area contributed by atoms with E-state index < -0.39 is 0 Å². The summed E-state index contributed by atoms with van der Waals surface area (Å²) in [6, 6.07) is 4.98. The van der Waals surface area contributed by atoms with Crippen LogP contribution in [0.4, 0.5) is 0 Å². The van der Waals surface area contributed by atoms with Gasteiger partial charge in [0.25, 0.3) is 5.91 Å². The summed E-state index contributed by atoms with van der Waals surface area (Å²) >= 11 is 0. The summed E-state index contributed by atoms with van der Waals surface area (Å²) in [6.07, 6.45) is 7.32. The van der Waals surface area contributed by atoms with Gasteiger partial charge in [-0.1, -0.05) is 12.0 Å². The summed E-state index contributed by atoms with van der Waals surface area (Å²) < 4.78 is 10.3. The second-order valence-corrected chi connectivity index (χ2v) is 5.98. The Bertz CT molecular complexity index is 632. The molecule has 6 nitrogen and oxygen atoms in total. The standard InChI is InChI=1S/C19H26N2O4/c1-24-16-9-8-15(13-17(16)25-2)19(23)21-11-10-20-18(22)12-14-6-4-3-5-7-14/h8-9,12-13H,3-7,10-11H2,1-2H3,(H,20,22)(H,21,23). The molecule has 1 aromatic rings. The van der Waals surface area contributed by atoms with Crippen molar-refractivity contribution in [2.75, 3.05) is 27.3 Å². The molecule has 1 aliphatic carbocycles. The lowest BCUT2D eigenvalue weighted by atomic mass is 9.95. The van der Waals surface area contributed by atoms with Gasteiger partial charge in [-0.3, -0.25) is 9.59 Å². The number of hydrogen-bond donors (Lipinski definition) is 2. The van der Waals surface area contributed by atoms with Crippen LogP contribution in [0.1, 0.15) is 42.5 Å². The Morgan fingerprint density at radius 3 is 2.36 bits per heavy atom. The van der Waals surface area contributed by atoms with E-state index in [-0.39, 0.29) is 11.8 Å². The first-order valence-corrected chi connectivity index (χ1v) is 8.61. The van der Waals surface area contributed by atoms with Crippen LogP contribution in [0.25, 0.3) is 0 Å². The van der Waals surface area contributed by atoms with Crippen molar-refractivity contribution in [3.63, 3.8) is 0 Å². The minimum absolute atomic E-state index is 0.0859. The van der Waals surface area contributed by atoms with Crippen molar-refractivity contribution in [1.29, 1.82) is 0 Å². The topological polar surface area (TPSA) is 76.7 Å². The molecule has 136 valence electrons. The van der Waals surface area contributed by atoms with Gasteiger partial charge in [-0.2, -0.15) is 0 Å². The molecule has 0 radical (unpaired) electrons. The number of ether oxygens (including phenoxy) is 2. The number of allylic oxidation sites excluding steroid dienone is 1. The monoisotopic (exact) mass is 346 g/mol. The number of methoxy groups -OCH3 is 2. The maximum atomic E-state index is 12.1. The average Bonchev–Trinajstić information content (AvgIpc) is 2.65. The molecule has 0 spiro atoms. The van der Waals surface area contributed by atoms with E-state index in [4.69, 9.17) is 9.47 Å². The van der Waals surface area contributed by atoms with Crippen molar-refractivity contribution in [1.82, 2.24) is 10.6 Å². The third-order valence-corrected chi connectivity index (χ3v) is 4.19. The van der Waals surface area contributed by atoms with Gasteiger partial charge in [0.05, 0.1) is 14.2 Å². The Balaban J connectivity index is 1.75. The molecule has 1 saturated carbocycles. The minimum atomic E-state index is -0.221. The number of benzene rings is 1. The molecule has 0 unspecified atom stereocenters. The summed E-state index contributed by atoms with van der Waals surface area (Å²) in [5.74, 6) is 0.766. The molecule has 1 aromatic carbocycles. The van der Waals surface area contributed by atoms with Crippen LogP contribution in [0, 0.1) is 0 Å². The van der Waals surface area contributed by atoms with Gasteiger partial charge >= 0.3 is 0 Å². The Morgan fingerprint density at radius 1 is 1.00 bits per heavy atom. The lowest BCUT2D eigenvalue weighted by Gasteiger charge is -2.13. The molecular weight excluding hydrogens is 320 g/mol. The van der Waals surface area contributed by atoms with Crippen molar-refractivity contribution >= 4 is 11.8 Å². The highest BCUT2D eigenvalue weighted by molar-refractivity contribution is 5.95. The van der Waals surface area contributed by atoms with Crippen LogP contribution in [0.2, 0.25) is 0 Å². The first-order valence-electron chi connectivity index (χ1n) is 8.61. The summed E-state index contributed by atoms with van der Waals surface area (Å²) in [5.41, 5.74) is 1.70. The van der Waals surface area contributed by atoms with Crippen molar-refractivity contribution in [2.24, 2.45) is 0 Å². The second-order valence-electron chi connectivity index (χ2n) is 5.98. The Hall–Kier alpha value is -2.50. The smallest absolute Gasteiger partial charge is 0.251 e. The second kappa shape index (κ2) is 9.71. The largest absolute Gasteiger partial charge is 0.493 e. The Morgan fingerprint density at radius 2 is 1.68 bits per heavy atom. The number of carbonyl (C=O) groups excluding carboxylic acids is 2. The molecule has 0 aliphatic heterocycles. The highest BCUT2D eigenvalue weighted by Crippen LogP contribution is 2.27. The van der Waals surface area contributed by atoms with Crippen molar-refractivity contribution in [3.8, 4) is 11.5 Å². The van der Waals surface area contributed by atoms with Gasteiger partial charge in [0.1, 0.15) is 0 Å². The van der Waals surface area contributed by atoms with Crippen LogP contribution in [0.3, 0.4) is 0 Å². The third-order valence-electron chi connectivity index (χ3n) is 4.19. The van der Waals surface area contributed by atoms with Crippen LogP contribution >= 0.6 is 0 Å². The number of hydrogen-bond acceptors (Lipinski definition) is 4. The highest BCUT2D eigenvalue weighted by atomic mass is 16.5. The van der Waals surface area contributed by atoms with E-state index >= 15 is 0 Å². The number of rotatable bonds is 7. The predicted molar refractivity (Wildman–Crippen MR) is 96.1 cm³/mol. The zero-order valence-corrected chi connectivity index (χ0v) is 14.9. The highest BCUT2D eigenvalue weighted by Gasteiger charge is 2.11. The van der Waals surface area contributed by atoms with E-state index in [1.165, 1.54) is 31.9 Å². The molecule has 6 heteroatoms. The van der Waals surface area contributed by atoms with Gasteiger partial charge < -0.3 is 20.1 Å². The molecule has 0 heterocycles. The van der Waals surface area contributed by atoms with E-state index in [1.54, 1.807) is 31.4 Å². The molecule has 1 fully saturated rings. The van der Waals surface area contributed by atoms with Crippen molar-refractivity contribution < 1.29 is 19.1 Å². The normalized spacial score (nSPS) is 13.8. The zero-order chi connectivity index (χ0) is 18.1. The number of amides is 2. The lowest BCUT2D eigenvalue weighted by molar-refractivity contribution is -0.116. The molecular formula is C19H26N2O4. The molecule has 0 atom stereocenters. The molecule has 25 heavy (non-hydrogen) atoms. The van der Waals surface area contributed by atoms with E-state index in [2.05, 4.69) is 10.6 Å². The SMILES string of the molecule is COc1ccc(C(=O)NCCNC(=O)C=C2CCCCC2)cc1OC. The molecule has 2 amide bonds. The molecule has 0 saturated heterocycles. The molecule has 2 N–H and O–H groups in total. The molecule has 2 rings (SSSR count). The summed E-state index contributed by atoms with van der Waals surface area (Å²) in [6.45, 7) is 0.754. The third kappa shape index (κ3) is 5.81. The molecule has 0 aromatic heterocycles. The van der Waals surface area contributed by atoms with Crippen LogP contribution in [0.5, 0.6) is 11.5 Å². The average molecular weight is 346 g/mol. The first-order chi connectivity index (χ1) is 12.1. The van der Waals surface area contributed by atoms with Crippen LogP contribution in [0.15, 0.2) is 29.8 Å². The van der Waals surface area contributed by atoms with Crippen molar-refractivity contribution in [2.45, 2.75) is 32.1 Å². The van der Waals surface area contributed by atoms with Gasteiger partial charge in [0.15, 0.2) is 11.5 Å². The fraction of sp³-hybridized carbons (Fsp3) is 0.474. The van der Waals surface area contributed by atoms with Crippen LogP contribution in [-0.4, -0.2) is 39.1 Å². The minimum Gasteiger partial charge on any atom is -0.493 e. The fourth-order valence-corrected chi connectivity index (χ4v) is 2.83. The van der Waals surface area contributed by atoms with Crippen LogP contribution < -0.4 is 20.1 Å². The summed E-state index contributed by atoms with van der Waals surface area (Å²) in [5, 5.41) is 5.58. The molecule has 1 aliphatic rings. The molecule has 0 bridgehead atoms. The fourth-order valence-electron chi connectivity index (χ4n) is 2.83. The predicted octanol–water partition coefficient (Wildman–Crippen LogP) is 2.44. The van der Waals surface area contributed by atoms with E-state index in [9.17, 15) is 9.59 Å². The van der Waals surface area contributed by atoms with Gasteiger partial charge in [0.2, 0.25) is 5.91 Å². The number of carbonyl (C=O) groups is 2. The first kappa shape index (κ1) is 18.8. The lowest BCUT2D eigenvalue weighted by Crippen LogP contribution is -2.34. The Kier molecular flexibility index (Phi) is 7.32. The van der Waals surface area contributed by atoms with E-state index in [0.717, 1.165) is 12.8 Å². The van der Waals surface area contributed by atoms with Crippen molar-refractivity contribution in [3.05, 3.63) is 35.4 Å². The van der Waals surface area contributed by atoms with Gasteiger partial charge in [-0.15, -0.1) is 0 Å². The zero-order valence-electron chi connectivity index (χ0n) is 14.9. The van der Waals surface area contributed by atoms with Gasteiger partial charge in [-0.25, -0.2) is 0 Å². The summed E-state index contributed by atoms with van der Waals surface area (Å²) in [4.78, 5) is 24.0. The van der Waals surface area contributed by atoms with E-state index in [1.807, 2.05) is 0 Å². The van der Waals surface area contributed by atoms with Gasteiger partial charge in [0, 0.05) is 24.7 Å². The maximum absolute atomic E-state index is 12.1.